The first-order valence-corrected chi connectivity index (χ1v) is 13.5. The molecule has 0 radical (unpaired) electrons. The summed E-state index contributed by atoms with van der Waals surface area (Å²) in [4.78, 5) is 35.0. The SMILES string of the molecule is Cc1ccc(N2C(=O)CS/C2=N\C(=O)Nc2ccc(-c3ncn(-c4ccc(OC(C)(C)F)cc4)n3)cc2)c(Cl)c1. The Bertz CT molecular complexity index is 1600. The average Bonchev–Trinajstić information content (AvgIpc) is 3.52. The van der Waals surface area contributed by atoms with Gasteiger partial charge in [0.1, 0.15) is 12.1 Å². The van der Waals surface area contributed by atoms with Crippen LogP contribution in [0.5, 0.6) is 5.75 Å². The molecular weight excluding hydrogens is 555 g/mol. The Morgan fingerprint density at radius 1 is 1.12 bits per heavy atom. The molecule has 3 amide bonds. The molecule has 204 valence electrons. The maximum atomic E-state index is 13.7. The molecule has 4 aromatic rings. The van der Waals surface area contributed by atoms with Gasteiger partial charge in [0, 0.05) is 25.1 Å². The van der Waals surface area contributed by atoms with E-state index in [-0.39, 0.29) is 16.8 Å². The lowest BCUT2D eigenvalue weighted by Crippen LogP contribution is -2.30. The predicted molar refractivity (Wildman–Crippen MR) is 155 cm³/mol. The van der Waals surface area contributed by atoms with Crippen molar-refractivity contribution in [3.05, 3.63) is 83.6 Å². The van der Waals surface area contributed by atoms with Gasteiger partial charge < -0.3 is 10.1 Å². The minimum absolute atomic E-state index is 0.165. The first-order valence-electron chi connectivity index (χ1n) is 12.2. The maximum absolute atomic E-state index is 13.7. The molecule has 0 aliphatic carbocycles. The van der Waals surface area contributed by atoms with Crippen molar-refractivity contribution in [2.24, 2.45) is 4.99 Å². The van der Waals surface area contributed by atoms with E-state index in [9.17, 15) is 14.0 Å². The first-order chi connectivity index (χ1) is 19.1. The molecule has 9 nitrogen and oxygen atoms in total. The summed E-state index contributed by atoms with van der Waals surface area (Å²) in [5.41, 5.74) is 3.42. The molecule has 2 heterocycles. The predicted octanol–water partition coefficient (Wildman–Crippen LogP) is 6.65. The summed E-state index contributed by atoms with van der Waals surface area (Å²) < 4.78 is 20.5. The highest BCUT2D eigenvalue weighted by atomic mass is 35.5. The smallest absolute Gasteiger partial charge is 0.347 e. The fraction of sp³-hybridized carbons (Fsp3) is 0.179. The number of amides is 3. The third kappa shape index (κ3) is 6.32. The summed E-state index contributed by atoms with van der Waals surface area (Å²) in [6, 6.07) is 18.5. The van der Waals surface area contributed by atoms with Gasteiger partial charge in [-0.15, -0.1) is 5.10 Å². The molecule has 1 aliphatic rings. The monoisotopic (exact) mass is 578 g/mol. The van der Waals surface area contributed by atoms with Crippen LogP contribution in [-0.2, 0) is 4.79 Å². The Kier molecular flexibility index (Phi) is 7.59. The number of aryl methyl sites for hydroxylation is 1. The normalized spacial score (nSPS) is 14.6. The van der Waals surface area contributed by atoms with E-state index in [1.807, 2.05) is 13.0 Å². The number of aliphatic imine (C=N–C) groups is 1. The molecule has 0 spiro atoms. The van der Waals surface area contributed by atoms with Crippen molar-refractivity contribution in [1.29, 1.82) is 0 Å². The van der Waals surface area contributed by atoms with Gasteiger partial charge in [0.05, 0.1) is 22.2 Å². The molecule has 1 saturated heterocycles. The minimum Gasteiger partial charge on any atom is -0.459 e. The molecule has 1 fully saturated rings. The van der Waals surface area contributed by atoms with Gasteiger partial charge in [-0.25, -0.2) is 14.5 Å². The van der Waals surface area contributed by atoms with Crippen LogP contribution in [0.3, 0.4) is 0 Å². The summed E-state index contributed by atoms with van der Waals surface area (Å²) >= 11 is 7.52. The summed E-state index contributed by atoms with van der Waals surface area (Å²) in [6.07, 6.45) is 1.57. The quantitative estimate of drug-likeness (QED) is 0.275. The highest BCUT2D eigenvalue weighted by molar-refractivity contribution is 8.15. The summed E-state index contributed by atoms with van der Waals surface area (Å²) in [6.45, 7) is 4.57. The molecule has 5 rings (SSSR count). The number of benzene rings is 3. The summed E-state index contributed by atoms with van der Waals surface area (Å²) in [7, 11) is 0. The molecule has 1 aliphatic heterocycles. The van der Waals surface area contributed by atoms with E-state index in [0.717, 1.165) is 16.8 Å². The zero-order valence-electron chi connectivity index (χ0n) is 21.8. The van der Waals surface area contributed by atoms with E-state index in [2.05, 4.69) is 20.4 Å². The Morgan fingerprint density at radius 3 is 2.52 bits per heavy atom. The maximum Gasteiger partial charge on any atom is 0.347 e. The molecular formula is C28H24ClFN6O3S. The van der Waals surface area contributed by atoms with Crippen LogP contribution in [0.4, 0.5) is 20.6 Å². The van der Waals surface area contributed by atoms with E-state index in [0.29, 0.717) is 28.0 Å². The van der Waals surface area contributed by atoms with E-state index in [1.54, 1.807) is 71.7 Å². The number of carbonyl (C=O) groups excluding carboxylic acids is 2. The van der Waals surface area contributed by atoms with E-state index < -0.39 is 11.9 Å². The molecule has 3 aromatic carbocycles. The number of hydrogen-bond donors (Lipinski definition) is 1. The number of aromatic nitrogens is 3. The number of amidine groups is 1. The van der Waals surface area contributed by atoms with Crippen molar-refractivity contribution in [3.8, 4) is 22.8 Å². The van der Waals surface area contributed by atoms with Crippen LogP contribution in [0.25, 0.3) is 17.1 Å². The number of urea groups is 1. The van der Waals surface area contributed by atoms with Gasteiger partial charge in [0.25, 0.3) is 0 Å². The second-order valence-electron chi connectivity index (χ2n) is 9.35. The lowest BCUT2D eigenvalue weighted by atomic mass is 10.2. The van der Waals surface area contributed by atoms with Crippen LogP contribution in [0.2, 0.25) is 5.02 Å². The number of hydrogen-bond acceptors (Lipinski definition) is 6. The van der Waals surface area contributed by atoms with Gasteiger partial charge in [0.15, 0.2) is 11.0 Å². The molecule has 12 heteroatoms. The second-order valence-corrected chi connectivity index (χ2v) is 10.7. The fourth-order valence-corrected chi connectivity index (χ4v) is 5.06. The zero-order valence-corrected chi connectivity index (χ0v) is 23.3. The van der Waals surface area contributed by atoms with Crippen LogP contribution < -0.4 is 15.0 Å². The topological polar surface area (TPSA) is 102 Å². The van der Waals surface area contributed by atoms with Crippen LogP contribution in [-0.4, -0.2) is 43.5 Å². The number of anilines is 2. The number of nitrogens with one attached hydrogen (secondary N) is 1. The lowest BCUT2D eigenvalue weighted by Gasteiger charge is -2.17. The van der Waals surface area contributed by atoms with Crippen LogP contribution in [0, 0.1) is 6.92 Å². The molecule has 1 aromatic heterocycles. The van der Waals surface area contributed by atoms with Gasteiger partial charge >= 0.3 is 6.03 Å². The number of halogens is 2. The highest BCUT2D eigenvalue weighted by Crippen LogP contribution is 2.33. The van der Waals surface area contributed by atoms with E-state index in [4.69, 9.17) is 16.3 Å². The Balaban J connectivity index is 1.25. The molecule has 0 atom stereocenters. The van der Waals surface area contributed by atoms with Gasteiger partial charge in [-0.2, -0.15) is 9.38 Å². The largest absolute Gasteiger partial charge is 0.459 e. The summed E-state index contributed by atoms with van der Waals surface area (Å²) in [5, 5.41) is 7.88. The number of nitrogens with zero attached hydrogens (tertiary/aromatic N) is 5. The Labute approximate surface area is 239 Å². The third-order valence-corrected chi connectivity index (χ3v) is 6.88. The van der Waals surface area contributed by atoms with Crippen molar-refractivity contribution in [2.75, 3.05) is 16.0 Å². The van der Waals surface area contributed by atoms with Crippen LogP contribution in [0.15, 0.2) is 78.0 Å². The minimum atomic E-state index is -1.77. The van der Waals surface area contributed by atoms with Crippen molar-refractivity contribution in [1.82, 2.24) is 14.8 Å². The Hall–Kier alpha value is -4.22. The molecule has 0 unspecified atom stereocenters. The number of ether oxygens (including phenoxy) is 1. The van der Waals surface area contributed by atoms with Gasteiger partial charge in [0.2, 0.25) is 11.8 Å². The average molecular weight is 579 g/mol. The first kappa shape index (κ1) is 27.4. The molecule has 0 bridgehead atoms. The van der Waals surface area contributed by atoms with Crippen LogP contribution in [0.1, 0.15) is 19.4 Å². The van der Waals surface area contributed by atoms with Crippen molar-refractivity contribution in [2.45, 2.75) is 26.6 Å². The third-order valence-electron chi connectivity index (χ3n) is 5.65. The fourth-order valence-electron chi connectivity index (χ4n) is 3.88. The zero-order chi connectivity index (χ0) is 28.4. The number of alkyl halides is 1. The van der Waals surface area contributed by atoms with Crippen LogP contribution >= 0.6 is 23.4 Å². The summed E-state index contributed by atoms with van der Waals surface area (Å²) in [5.74, 6) is -0.922. The van der Waals surface area contributed by atoms with Crippen molar-refractivity contribution in [3.63, 3.8) is 0 Å². The highest BCUT2D eigenvalue weighted by Gasteiger charge is 2.31. The van der Waals surface area contributed by atoms with Gasteiger partial charge in [-0.3, -0.25) is 9.69 Å². The second kappa shape index (κ2) is 11.1. The molecule has 0 saturated carbocycles. The standard InChI is InChI=1S/C28H24ClFN6O3S/c1-17-4-13-23(22(29)14-17)36-24(37)15-40-27(36)33-26(38)32-19-7-5-18(6-8-19)25-31-16-35(34-25)20-9-11-21(12-10-20)39-28(2,3)30/h4-14,16H,15H2,1-3H3,(H,32,38)/b33-27-. The van der Waals surface area contributed by atoms with E-state index >= 15 is 0 Å². The number of thioether (sulfide) groups is 1. The number of rotatable bonds is 6. The molecule has 40 heavy (non-hydrogen) atoms. The van der Waals surface area contributed by atoms with Gasteiger partial charge in [-0.05, 0) is 73.2 Å². The van der Waals surface area contributed by atoms with Crippen molar-refractivity contribution < 1.29 is 18.7 Å². The van der Waals surface area contributed by atoms with Gasteiger partial charge in [-0.1, -0.05) is 29.4 Å². The Morgan fingerprint density at radius 2 is 1.85 bits per heavy atom. The lowest BCUT2D eigenvalue weighted by molar-refractivity contribution is -0.115. The number of carbonyl (C=O) groups is 2. The molecule has 1 N–H and O–H groups in total. The van der Waals surface area contributed by atoms with E-state index in [1.165, 1.54) is 30.5 Å². The van der Waals surface area contributed by atoms with Crippen molar-refractivity contribution >= 4 is 51.8 Å².